The summed E-state index contributed by atoms with van der Waals surface area (Å²) >= 11 is 0. The van der Waals surface area contributed by atoms with Gasteiger partial charge in [0.1, 0.15) is 6.61 Å². The van der Waals surface area contributed by atoms with E-state index in [-0.39, 0.29) is 18.1 Å². The highest BCUT2D eigenvalue weighted by Crippen LogP contribution is 2.47. The first-order chi connectivity index (χ1) is 15.0. The predicted molar refractivity (Wildman–Crippen MR) is 117 cm³/mol. The van der Waals surface area contributed by atoms with Crippen LogP contribution in [0, 0.1) is 6.92 Å². The third kappa shape index (κ3) is 3.36. The van der Waals surface area contributed by atoms with Gasteiger partial charge in [0.2, 0.25) is 0 Å². The molecule has 0 unspecified atom stereocenters. The summed E-state index contributed by atoms with van der Waals surface area (Å²) in [5, 5.41) is 12.3. The fourth-order valence-corrected chi connectivity index (χ4v) is 4.64. The van der Waals surface area contributed by atoms with E-state index in [1.807, 2.05) is 30.3 Å². The monoisotopic (exact) mass is 413 g/mol. The normalized spacial score (nSPS) is 15.6. The van der Waals surface area contributed by atoms with Gasteiger partial charge in [-0.15, -0.1) is 0 Å². The van der Waals surface area contributed by atoms with Gasteiger partial charge in [-0.05, 0) is 59.2 Å². The molecular weight excluding hydrogens is 390 g/mol. The molecule has 5 nitrogen and oxygen atoms in total. The van der Waals surface area contributed by atoms with Crippen molar-refractivity contribution < 1.29 is 19.4 Å². The maximum atomic E-state index is 12.7. The molecule has 0 saturated heterocycles. The molecule has 0 atom stereocenters. The second-order valence-corrected chi connectivity index (χ2v) is 8.37. The molecule has 2 aliphatic rings. The minimum absolute atomic E-state index is 0.0189. The van der Waals surface area contributed by atoms with Crippen LogP contribution in [0.3, 0.4) is 0 Å². The molecule has 2 N–H and O–H groups in total. The summed E-state index contributed by atoms with van der Waals surface area (Å²) in [6, 6.07) is 21.7. The van der Waals surface area contributed by atoms with Crippen LogP contribution in [0.4, 0.5) is 4.79 Å². The second-order valence-electron chi connectivity index (χ2n) is 8.37. The van der Waals surface area contributed by atoms with Gasteiger partial charge in [-0.25, -0.2) is 9.59 Å². The van der Waals surface area contributed by atoms with Gasteiger partial charge in [-0.1, -0.05) is 60.7 Å². The van der Waals surface area contributed by atoms with Gasteiger partial charge >= 0.3 is 12.1 Å². The number of carbonyl (C=O) groups is 2. The number of carboxylic acid groups (broad SMARTS) is 1. The zero-order chi connectivity index (χ0) is 21.6. The van der Waals surface area contributed by atoms with E-state index in [4.69, 9.17) is 4.74 Å². The summed E-state index contributed by atoms with van der Waals surface area (Å²) < 4.78 is 5.69. The van der Waals surface area contributed by atoms with Gasteiger partial charge in [-0.2, -0.15) is 0 Å². The van der Waals surface area contributed by atoms with Crippen LogP contribution in [-0.4, -0.2) is 23.8 Å². The smallest absolute Gasteiger partial charge is 0.407 e. The second kappa shape index (κ2) is 7.27. The van der Waals surface area contributed by atoms with Crippen LogP contribution in [0.15, 0.2) is 66.7 Å². The predicted octanol–water partition coefficient (Wildman–Crippen LogP) is 5.22. The summed E-state index contributed by atoms with van der Waals surface area (Å²) in [7, 11) is 0. The highest BCUT2D eigenvalue weighted by atomic mass is 16.5. The Balaban J connectivity index is 1.30. The molecule has 0 aliphatic heterocycles. The molecule has 2 aliphatic carbocycles. The summed E-state index contributed by atoms with van der Waals surface area (Å²) in [4.78, 5) is 24.0. The fraction of sp³-hybridized carbons (Fsp3) is 0.231. The Labute approximate surface area is 180 Å². The molecular formula is C26H23NO4. The zero-order valence-corrected chi connectivity index (χ0v) is 17.2. The number of benzene rings is 3. The van der Waals surface area contributed by atoms with Crippen molar-refractivity contribution in [1.82, 2.24) is 5.32 Å². The van der Waals surface area contributed by atoms with Gasteiger partial charge in [0, 0.05) is 5.92 Å². The summed E-state index contributed by atoms with van der Waals surface area (Å²) in [5.74, 6) is -0.927. The van der Waals surface area contributed by atoms with Crippen molar-refractivity contribution in [3.8, 4) is 11.1 Å². The summed E-state index contributed by atoms with van der Waals surface area (Å²) in [5.41, 5.74) is 6.16. The molecule has 0 aromatic heterocycles. The molecule has 31 heavy (non-hydrogen) atoms. The first-order valence-corrected chi connectivity index (χ1v) is 10.5. The van der Waals surface area contributed by atoms with Crippen molar-refractivity contribution in [3.63, 3.8) is 0 Å². The van der Waals surface area contributed by atoms with Crippen molar-refractivity contribution in [2.45, 2.75) is 31.2 Å². The number of hydrogen-bond acceptors (Lipinski definition) is 3. The Morgan fingerprint density at radius 2 is 1.61 bits per heavy atom. The van der Waals surface area contributed by atoms with Crippen molar-refractivity contribution in [1.29, 1.82) is 0 Å². The standard InChI is InChI=1S/C26H23NO4/c1-16-14-17(10-11-18(16)24(28)29)26(12-13-26)27-25(30)31-15-23-21-8-4-2-6-19(21)20-7-3-5-9-22(20)23/h2-11,14,23H,12-13,15H2,1H3,(H,27,30)(H,28,29). The van der Waals surface area contributed by atoms with Crippen molar-refractivity contribution in [3.05, 3.63) is 94.5 Å². The molecule has 1 amide bonds. The Bertz CT molecular complexity index is 1150. The Morgan fingerprint density at radius 3 is 2.16 bits per heavy atom. The van der Waals surface area contributed by atoms with E-state index >= 15 is 0 Å². The number of fused-ring (bicyclic) bond motifs is 3. The van der Waals surface area contributed by atoms with E-state index in [1.54, 1.807) is 19.1 Å². The number of carboxylic acids is 1. The topological polar surface area (TPSA) is 75.6 Å². The lowest BCUT2D eigenvalue weighted by Crippen LogP contribution is -2.36. The van der Waals surface area contributed by atoms with Crippen LogP contribution in [0.1, 0.15) is 51.4 Å². The SMILES string of the molecule is Cc1cc(C2(NC(=O)OCC3c4ccccc4-c4ccccc43)CC2)ccc1C(=O)O. The zero-order valence-electron chi connectivity index (χ0n) is 17.2. The van der Waals surface area contributed by atoms with Crippen LogP contribution in [-0.2, 0) is 10.3 Å². The summed E-state index contributed by atoms with van der Waals surface area (Å²) in [6.07, 6.45) is 1.17. The molecule has 5 rings (SSSR count). The van der Waals surface area contributed by atoms with Gasteiger partial charge in [0.15, 0.2) is 0 Å². The number of alkyl carbamates (subject to hydrolysis) is 1. The van der Waals surface area contributed by atoms with Crippen LogP contribution < -0.4 is 5.32 Å². The molecule has 0 radical (unpaired) electrons. The Hall–Kier alpha value is -3.60. The Kier molecular flexibility index (Phi) is 4.54. The molecule has 3 aromatic carbocycles. The minimum atomic E-state index is -0.946. The number of amides is 1. The Morgan fingerprint density at radius 1 is 1.00 bits per heavy atom. The highest BCUT2D eigenvalue weighted by molar-refractivity contribution is 5.89. The third-order valence-electron chi connectivity index (χ3n) is 6.44. The van der Waals surface area contributed by atoms with Crippen LogP contribution in [0.25, 0.3) is 11.1 Å². The van der Waals surface area contributed by atoms with Crippen molar-refractivity contribution in [2.75, 3.05) is 6.61 Å². The average Bonchev–Trinajstić information content (AvgIpc) is 3.47. The number of carbonyl (C=O) groups excluding carboxylic acids is 1. The number of rotatable bonds is 5. The van der Waals surface area contributed by atoms with E-state index in [0.717, 1.165) is 18.4 Å². The van der Waals surface area contributed by atoms with Gasteiger partial charge in [0.25, 0.3) is 0 Å². The first kappa shape index (κ1) is 19.4. The number of ether oxygens (including phenoxy) is 1. The van der Waals surface area contributed by atoms with Gasteiger partial charge in [-0.3, -0.25) is 0 Å². The van der Waals surface area contributed by atoms with Gasteiger partial charge < -0.3 is 15.2 Å². The van der Waals surface area contributed by atoms with Crippen LogP contribution >= 0.6 is 0 Å². The maximum Gasteiger partial charge on any atom is 0.407 e. The molecule has 0 heterocycles. The van der Waals surface area contributed by atoms with Gasteiger partial charge in [0.05, 0.1) is 11.1 Å². The number of aryl methyl sites for hydroxylation is 1. The molecule has 156 valence electrons. The van der Waals surface area contributed by atoms with E-state index in [0.29, 0.717) is 5.56 Å². The van der Waals surface area contributed by atoms with E-state index in [2.05, 4.69) is 29.6 Å². The van der Waals surface area contributed by atoms with Crippen molar-refractivity contribution in [2.24, 2.45) is 0 Å². The lowest BCUT2D eigenvalue weighted by Gasteiger charge is -2.20. The number of nitrogens with one attached hydrogen (secondary N) is 1. The third-order valence-corrected chi connectivity index (χ3v) is 6.44. The molecule has 1 saturated carbocycles. The van der Waals surface area contributed by atoms with E-state index in [1.165, 1.54) is 22.3 Å². The molecule has 0 spiro atoms. The largest absolute Gasteiger partial charge is 0.478 e. The van der Waals surface area contributed by atoms with Crippen LogP contribution in [0.5, 0.6) is 0 Å². The minimum Gasteiger partial charge on any atom is -0.478 e. The first-order valence-electron chi connectivity index (χ1n) is 10.5. The van der Waals surface area contributed by atoms with E-state index in [9.17, 15) is 14.7 Å². The maximum absolute atomic E-state index is 12.7. The molecule has 0 bridgehead atoms. The molecule has 3 aromatic rings. The van der Waals surface area contributed by atoms with Crippen molar-refractivity contribution >= 4 is 12.1 Å². The fourth-order valence-electron chi connectivity index (χ4n) is 4.64. The lowest BCUT2D eigenvalue weighted by molar-refractivity contribution is 0.0696. The van der Waals surface area contributed by atoms with Crippen LogP contribution in [0.2, 0.25) is 0 Å². The number of aromatic carboxylic acids is 1. The molecule has 1 fully saturated rings. The highest BCUT2D eigenvalue weighted by Gasteiger charge is 2.46. The number of hydrogen-bond donors (Lipinski definition) is 2. The quantitative estimate of drug-likeness (QED) is 0.601. The van der Waals surface area contributed by atoms with E-state index < -0.39 is 17.6 Å². The average molecular weight is 413 g/mol. The molecule has 5 heteroatoms. The summed E-state index contributed by atoms with van der Waals surface area (Å²) in [6.45, 7) is 2.04. The lowest BCUT2D eigenvalue weighted by atomic mass is 9.98.